The van der Waals surface area contributed by atoms with Gasteiger partial charge in [0, 0.05) is 40.9 Å². The number of hydrogen-bond donors (Lipinski definition) is 1. The van der Waals surface area contributed by atoms with Crippen molar-refractivity contribution in [3.63, 3.8) is 0 Å². The Morgan fingerprint density at radius 2 is 1.67 bits per heavy atom. The normalized spacial score (nSPS) is 27.1. The highest BCUT2D eigenvalue weighted by Crippen LogP contribution is 2.60. The van der Waals surface area contributed by atoms with Gasteiger partial charge in [-0.05, 0) is 61.9 Å². The standard InChI is InChI=1S/C32H35BrClN3O6/c1-4-15-35(22-11-13-23(14-12-22)42-6-3)29(39)25-26-30(40)37(17-18-38)28(32(26)19-24(33)27(25)43-32)31(41)36(16-5-2)21-9-7-20(34)8-10-21/h4-5,7-14,24-28,38H,1-2,6,15-19H2,3H3/t24?,25-,26+,27-,28?,32?/m1/s1. The summed E-state index contributed by atoms with van der Waals surface area (Å²) in [6.45, 7) is 10.0. The Morgan fingerprint density at radius 1 is 1.09 bits per heavy atom. The first-order chi connectivity index (χ1) is 20.7. The maximum absolute atomic E-state index is 14.5. The Hall–Kier alpha value is -3.18. The topological polar surface area (TPSA) is 99.6 Å². The van der Waals surface area contributed by atoms with Crippen molar-refractivity contribution in [3.05, 3.63) is 78.9 Å². The Bertz CT molecular complexity index is 1390. The van der Waals surface area contributed by atoms with E-state index in [-0.39, 0.29) is 48.8 Å². The molecule has 43 heavy (non-hydrogen) atoms. The van der Waals surface area contributed by atoms with E-state index < -0.39 is 29.6 Å². The van der Waals surface area contributed by atoms with Crippen LogP contribution in [0, 0.1) is 11.8 Å². The molecular formula is C32H35BrClN3O6. The Labute approximate surface area is 264 Å². The molecule has 0 aliphatic carbocycles. The van der Waals surface area contributed by atoms with Gasteiger partial charge in [0.05, 0.1) is 31.2 Å². The molecule has 3 aliphatic heterocycles. The number of aliphatic hydroxyl groups excluding tert-OH is 1. The molecule has 3 unspecified atom stereocenters. The van der Waals surface area contributed by atoms with Gasteiger partial charge >= 0.3 is 0 Å². The Morgan fingerprint density at radius 3 is 2.23 bits per heavy atom. The molecule has 3 aliphatic rings. The van der Waals surface area contributed by atoms with Crippen LogP contribution in [0.3, 0.4) is 0 Å². The number of amides is 3. The number of carbonyl (C=O) groups excluding carboxylic acids is 3. The largest absolute Gasteiger partial charge is 0.494 e. The predicted molar refractivity (Wildman–Crippen MR) is 169 cm³/mol. The molecule has 3 fully saturated rings. The van der Waals surface area contributed by atoms with E-state index in [1.54, 1.807) is 65.6 Å². The molecule has 1 spiro atoms. The zero-order valence-electron chi connectivity index (χ0n) is 23.9. The van der Waals surface area contributed by atoms with Gasteiger partial charge in [-0.15, -0.1) is 13.2 Å². The molecule has 0 saturated carbocycles. The van der Waals surface area contributed by atoms with Crippen molar-refractivity contribution in [1.82, 2.24) is 4.90 Å². The summed E-state index contributed by atoms with van der Waals surface area (Å²) in [5.41, 5.74) is -0.0669. The van der Waals surface area contributed by atoms with Crippen molar-refractivity contribution in [2.24, 2.45) is 11.8 Å². The quantitative estimate of drug-likeness (QED) is 0.268. The zero-order chi connectivity index (χ0) is 30.9. The van der Waals surface area contributed by atoms with Crippen molar-refractivity contribution < 1.29 is 29.0 Å². The molecule has 228 valence electrons. The van der Waals surface area contributed by atoms with Crippen LogP contribution in [0.2, 0.25) is 5.02 Å². The third kappa shape index (κ3) is 5.39. The Kier molecular flexibility index (Phi) is 9.31. The summed E-state index contributed by atoms with van der Waals surface area (Å²) >= 11 is 9.82. The number of β-amino-alcohol motifs (C(OH)–C–C–N with tert-alkyl or cyclic N) is 1. The summed E-state index contributed by atoms with van der Waals surface area (Å²) in [6.07, 6.45) is 2.95. The van der Waals surface area contributed by atoms with Crippen molar-refractivity contribution in [3.8, 4) is 5.75 Å². The highest BCUT2D eigenvalue weighted by molar-refractivity contribution is 9.09. The molecule has 3 amide bonds. The summed E-state index contributed by atoms with van der Waals surface area (Å²) in [4.78, 5) is 47.3. The monoisotopic (exact) mass is 671 g/mol. The van der Waals surface area contributed by atoms with Crippen LogP contribution in [0.5, 0.6) is 5.75 Å². The SMILES string of the molecule is C=CCN(C(=O)C1N(CCO)C(=O)[C@@H]2[C@@H](C(=O)N(CC=C)c3ccc(OCC)cc3)[C@@H]3OC12CC3Br)c1ccc(Cl)cc1. The van der Waals surface area contributed by atoms with Gasteiger partial charge in [0.1, 0.15) is 17.4 Å². The third-order valence-electron chi connectivity index (χ3n) is 8.40. The van der Waals surface area contributed by atoms with E-state index in [0.29, 0.717) is 35.2 Å². The first kappa shape index (κ1) is 31.3. The minimum absolute atomic E-state index is 0.0762. The first-order valence-electron chi connectivity index (χ1n) is 14.3. The molecule has 2 aromatic rings. The van der Waals surface area contributed by atoms with Crippen LogP contribution in [0.25, 0.3) is 0 Å². The number of halogens is 2. The van der Waals surface area contributed by atoms with E-state index in [1.807, 2.05) is 6.92 Å². The number of alkyl halides is 1. The van der Waals surface area contributed by atoms with Gasteiger partial charge in [-0.1, -0.05) is 39.7 Å². The van der Waals surface area contributed by atoms with E-state index in [2.05, 4.69) is 29.1 Å². The number of aliphatic hydroxyl groups is 1. The molecule has 2 bridgehead atoms. The van der Waals surface area contributed by atoms with Gasteiger partial charge < -0.3 is 29.3 Å². The average Bonchev–Trinajstić information content (AvgIpc) is 3.59. The fourth-order valence-electron chi connectivity index (χ4n) is 6.78. The second-order valence-corrected chi connectivity index (χ2v) is 12.4. The average molecular weight is 673 g/mol. The molecule has 6 atom stereocenters. The van der Waals surface area contributed by atoms with Crippen LogP contribution in [-0.2, 0) is 19.1 Å². The molecule has 1 N–H and O–H groups in total. The fraction of sp³-hybridized carbons (Fsp3) is 0.406. The fourth-order valence-corrected chi connectivity index (χ4v) is 7.85. The summed E-state index contributed by atoms with van der Waals surface area (Å²) < 4.78 is 12.2. The highest BCUT2D eigenvalue weighted by atomic mass is 79.9. The lowest BCUT2D eigenvalue weighted by molar-refractivity contribution is -0.141. The van der Waals surface area contributed by atoms with Gasteiger partial charge in [0.25, 0.3) is 5.91 Å². The molecule has 11 heteroatoms. The second kappa shape index (κ2) is 12.8. The molecule has 2 aromatic carbocycles. The minimum atomic E-state index is -1.27. The summed E-state index contributed by atoms with van der Waals surface area (Å²) in [7, 11) is 0. The number of benzene rings is 2. The summed E-state index contributed by atoms with van der Waals surface area (Å²) in [6, 6.07) is 12.9. The smallest absolute Gasteiger partial charge is 0.253 e. The van der Waals surface area contributed by atoms with E-state index in [0.717, 1.165) is 0 Å². The van der Waals surface area contributed by atoms with Gasteiger partial charge in [-0.2, -0.15) is 0 Å². The van der Waals surface area contributed by atoms with Crippen molar-refractivity contribution in [1.29, 1.82) is 0 Å². The molecule has 3 heterocycles. The number of rotatable bonds is 12. The maximum Gasteiger partial charge on any atom is 0.253 e. The van der Waals surface area contributed by atoms with E-state index >= 15 is 0 Å². The number of nitrogens with zero attached hydrogens (tertiary/aromatic N) is 3. The maximum atomic E-state index is 14.5. The van der Waals surface area contributed by atoms with E-state index in [4.69, 9.17) is 21.1 Å². The number of fused-ring (bicyclic) bond motifs is 1. The highest BCUT2D eigenvalue weighted by Gasteiger charge is 2.77. The predicted octanol–water partition coefficient (Wildman–Crippen LogP) is 4.22. The van der Waals surface area contributed by atoms with Gasteiger partial charge in [-0.25, -0.2) is 0 Å². The number of carbonyl (C=O) groups is 3. The van der Waals surface area contributed by atoms with Crippen molar-refractivity contribution in [2.45, 2.75) is 35.9 Å². The number of likely N-dealkylation sites (tertiary alicyclic amines) is 1. The van der Waals surface area contributed by atoms with Crippen molar-refractivity contribution in [2.75, 3.05) is 42.6 Å². The number of ether oxygens (including phenoxy) is 2. The summed E-state index contributed by atoms with van der Waals surface area (Å²) in [5.74, 6) is -2.15. The molecular weight excluding hydrogens is 638 g/mol. The molecule has 3 saturated heterocycles. The van der Waals surface area contributed by atoms with Crippen LogP contribution < -0.4 is 14.5 Å². The van der Waals surface area contributed by atoms with Crippen molar-refractivity contribution >= 4 is 56.6 Å². The van der Waals surface area contributed by atoms with Crippen LogP contribution >= 0.6 is 27.5 Å². The van der Waals surface area contributed by atoms with Crippen LogP contribution in [-0.4, -0.2) is 83.2 Å². The lowest BCUT2D eigenvalue weighted by Gasteiger charge is -2.37. The number of anilines is 2. The van der Waals surface area contributed by atoms with Crippen LogP contribution in [0.15, 0.2) is 73.8 Å². The van der Waals surface area contributed by atoms with E-state index in [9.17, 15) is 19.5 Å². The van der Waals surface area contributed by atoms with Gasteiger partial charge in [-0.3, -0.25) is 14.4 Å². The molecule has 0 radical (unpaired) electrons. The Balaban J connectivity index is 1.54. The second-order valence-electron chi connectivity index (χ2n) is 10.8. The van der Waals surface area contributed by atoms with E-state index in [1.165, 1.54) is 9.80 Å². The first-order valence-corrected chi connectivity index (χ1v) is 15.6. The van der Waals surface area contributed by atoms with Crippen LogP contribution in [0.4, 0.5) is 11.4 Å². The third-order valence-corrected chi connectivity index (χ3v) is 9.50. The van der Waals surface area contributed by atoms with Crippen LogP contribution in [0.1, 0.15) is 13.3 Å². The molecule has 5 rings (SSSR count). The lowest BCUT2D eigenvalue weighted by atomic mass is 9.70. The lowest BCUT2D eigenvalue weighted by Crippen LogP contribution is -2.57. The minimum Gasteiger partial charge on any atom is -0.494 e. The molecule has 9 nitrogen and oxygen atoms in total. The number of hydrogen-bond acceptors (Lipinski definition) is 6. The summed E-state index contributed by atoms with van der Waals surface area (Å²) in [5, 5.41) is 10.5. The van der Waals surface area contributed by atoms with Gasteiger partial charge in [0.2, 0.25) is 11.8 Å². The van der Waals surface area contributed by atoms with Gasteiger partial charge in [0.15, 0.2) is 0 Å². The molecule has 0 aromatic heterocycles. The zero-order valence-corrected chi connectivity index (χ0v) is 26.2.